The second-order valence-corrected chi connectivity index (χ2v) is 6.76. The maximum absolute atomic E-state index is 12.8. The summed E-state index contributed by atoms with van der Waals surface area (Å²) in [4.78, 5) is 29.1. The number of nitrogens with zero attached hydrogens (tertiary/aromatic N) is 2. The standard InChI is InChI=1S/C19H26N2O4/c1-24-9-10-25-14-18(22)21-12-15-7-8-17(21)13-20(11-15)19(23)16-5-3-2-4-6-16/h2-6,15,17H,7-14H2,1H3/t15-,17+/m1/s1. The first-order chi connectivity index (χ1) is 12.2. The first kappa shape index (κ1) is 17.9. The Bertz CT molecular complexity index is 592. The van der Waals surface area contributed by atoms with Crippen LogP contribution in [0.25, 0.3) is 0 Å². The van der Waals surface area contributed by atoms with Crippen LogP contribution in [0.5, 0.6) is 0 Å². The van der Waals surface area contributed by atoms with Crippen molar-refractivity contribution in [2.75, 3.05) is 46.6 Å². The molecule has 1 aromatic carbocycles. The molecule has 3 aliphatic rings. The molecule has 0 aromatic heterocycles. The molecule has 25 heavy (non-hydrogen) atoms. The van der Waals surface area contributed by atoms with Gasteiger partial charge in [-0.25, -0.2) is 0 Å². The lowest BCUT2D eigenvalue weighted by Gasteiger charge is -2.36. The van der Waals surface area contributed by atoms with Crippen LogP contribution in [0.2, 0.25) is 0 Å². The fourth-order valence-electron chi connectivity index (χ4n) is 3.70. The number of carbonyl (C=O) groups excluding carboxylic acids is 2. The first-order valence-electron chi connectivity index (χ1n) is 8.89. The number of amides is 2. The molecule has 3 fully saturated rings. The molecule has 136 valence electrons. The Balaban J connectivity index is 1.62. The average Bonchev–Trinajstić information content (AvgIpc) is 2.97. The summed E-state index contributed by atoms with van der Waals surface area (Å²) in [7, 11) is 1.61. The van der Waals surface area contributed by atoms with Crippen LogP contribution in [0.15, 0.2) is 30.3 Å². The summed E-state index contributed by atoms with van der Waals surface area (Å²) in [6, 6.07) is 9.46. The number of hydrogen-bond donors (Lipinski definition) is 0. The van der Waals surface area contributed by atoms with Gasteiger partial charge in [-0.15, -0.1) is 0 Å². The molecule has 4 rings (SSSR count). The molecule has 0 aliphatic carbocycles. The molecule has 2 bridgehead atoms. The zero-order valence-electron chi connectivity index (χ0n) is 14.7. The van der Waals surface area contributed by atoms with Crippen molar-refractivity contribution in [2.45, 2.75) is 18.9 Å². The van der Waals surface area contributed by atoms with Crippen LogP contribution in [0.3, 0.4) is 0 Å². The highest BCUT2D eigenvalue weighted by molar-refractivity contribution is 5.94. The summed E-state index contributed by atoms with van der Waals surface area (Å²) in [6.07, 6.45) is 2.02. The number of piperidine rings is 1. The van der Waals surface area contributed by atoms with E-state index in [0.717, 1.165) is 25.9 Å². The van der Waals surface area contributed by atoms with Gasteiger partial charge in [0.05, 0.1) is 13.2 Å². The summed E-state index contributed by atoms with van der Waals surface area (Å²) in [6.45, 7) is 3.03. The third-order valence-corrected chi connectivity index (χ3v) is 5.00. The third kappa shape index (κ3) is 4.38. The topological polar surface area (TPSA) is 59.1 Å². The van der Waals surface area contributed by atoms with Crippen molar-refractivity contribution in [2.24, 2.45) is 5.92 Å². The van der Waals surface area contributed by atoms with E-state index in [0.29, 0.717) is 31.2 Å². The summed E-state index contributed by atoms with van der Waals surface area (Å²) in [5, 5.41) is 0. The van der Waals surface area contributed by atoms with E-state index in [9.17, 15) is 9.59 Å². The van der Waals surface area contributed by atoms with Gasteiger partial charge in [0.15, 0.2) is 0 Å². The van der Waals surface area contributed by atoms with Crippen molar-refractivity contribution < 1.29 is 19.1 Å². The molecule has 1 aromatic rings. The van der Waals surface area contributed by atoms with E-state index in [2.05, 4.69) is 0 Å². The highest BCUT2D eigenvalue weighted by Crippen LogP contribution is 2.28. The molecule has 0 N–H and O–H groups in total. The lowest BCUT2D eigenvalue weighted by atomic mass is 9.95. The largest absolute Gasteiger partial charge is 0.382 e. The molecule has 0 spiro atoms. The summed E-state index contributed by atoms with van der Waals surface area (Å²) < 4.78 is 10.3. The van der Waals surface area contributed by atoms with E-state index < -0.39 is 0 Å². The van der Waals surface area contributed by atoms with Gasteiger partial charge in [-0.1, -0.05) is 18.2 Å². The zero-order valence-corrected chi connectivity index (χ0v) is 14.7. The number of fused-ring (bicyclic) bond motifs is 4. The van der Waals surface area contributed by atoms with Crippen molar-refractivity contribution in [1.29, 1.82) is 0 Å². The Labute approximate surface area is 148 Å². The minimum absolute atomic E-state index is 0.0137. The Morgan fingerprint density at radius 3 is 2.64 bits per heavy atom. The van der Waals surface area contributed by atoms with E-state index >= 15 is 0 Å². The SMILES string of the molecule is COCCOCC(=O)N1C[C@@H]2CC[C@H]1CN(C(=O)c1ccccc1)C2. The molecular formula is C19H26N2O4. The van der Waals surface area contributed by atoms with Crippen molar-refractivity contribution in [3.8, 4) is 0 Å². The van der Waals surface area contributed by atoms with E-state index in [1.165, 1.54) is 0 Å². The van der Waals surface area contributed by atoms with Crippen LogP contribution in [0.4, 0.5) is 0 Å². The lowest BCUT2D eigenvalue weighted by molar-refractivity contribution is -0.140. The van der Waals surface area contributed by atoms with Crippen LogP contribution in [0, 0.1) is 5.92 Å². The van der Waals surface area contributed by atoms with Crippen molar-refractivity contribution >= 4 is 11.8 Å². The second-order valence-electron chi connectivity index (χ2n) is 6.76. The van der Waals surface area contributed by atoms with Gasteiger partial charge in [-0.3, -0.25) is 9.59 Å². The summed E-state index contributed by atoms with van der Waals surface area (Å²) in [5.74, 6) is 0.414. The molecule has 0 radical (unpaired) electrons. The van der Waals surface area contributed by atoms with E-state index in [-0.39, 0.29) is 24.5 Å². The van der Waals surface area contributed by atoms with Crippen molar-refractivity contribution in [3.63, 3.8) is 0 Å². The van der Waals surface area contributed by atoms with Crippen LogP contribution in [-0.4, -0.2) is 74.2 Å². The zero-order chi connectivity index (χ0) is 17.6. The van der Waals surface area contributed by atoms with Crippen LogP contribution in [0.1, 0.15) is 23.2 Å². The fraction of sp³-hybridized carbons (Fsp3) is 0.579. The van der Waals surface area contributed by atoms with Crippen molar-refractivity contribution in [1.82, 2.24) is 9.80 Å². The van der Waals surface area contributed by atoms with Gasteiger partial charge < -0.3 is 19.3 Å². The Hall–Kier alpha value is -1.92. The first-order valence-corrected chi connectivity index (χ1v) is 8.89. The molecule has 0 unspecified atom stereocenters. The minimum atomic E-state index is 0.0137. The number of benzene rings is 1. The summed E-state index contributed by atoms with van der Waals surface area (Å²) in [5.41, 5.74) is 0.713. The number of ether oxygens (including phenoxy) is 2. The van der Waals surface area contributed by atoms with Gasteiger partial charge in [-0.05, 0) is 30.9 Å². The fourth-order valence-corrected chi connectivity index (χ4v) is 3.70. The number of rotatable bonds is 6. The van der Waals surface area contributed by atoms with Crippen LogP contribution in [-0.2, 0) is 14.3 Å². The van der Waals surface area contributed by atoms with Gasteiger partial charge in [0.2, 0.25) is 5.91 Å². The van der Waals surface area contributed by atoms with Crippen molar-refractivity contribution in [3.05, 3.63) is 35.9 Å². The highest BCUT2D eigenvalue weighted by Gasteiger charge is 2.38. The van der Waals surface area contributed by atoms with Crippen LogP contribution >= 0.6 is 0 Å². The summed E-state index contributed by atoms with van der Waals surface area (Å²) >= 11 is 0. The average molecular weight is 346 g/mol. The Kier molecular flexibility index (Phi) is 6.04. The predicted molar refractivity (Wildman–Crippen MR) is 93.3 cm³/mol. The molecular weight excluding hydrogens is 320 g/mol. The van der Waals surface area contributed by atoms with E-state index in [1.807, 2.05) is 40.1 Å². The van der Waals surface area contributed by atoms with Crippen LogP contribution < -0.4 is 0 Å². The van der Waals surface area contributed by atoms with E-state index in [1.54, 1.807) is 7.11 Å². The smallest absolute Gasteiger partial charge is 0.253 e. The maximum Gasteiger partial charge on any atom is 0.253 e. The lowest BCUT2D eigenvalue weighted by Crippen LogP contribution is -2.49. The van der Waals surface area contributed by atoms with E-state index in [4.69, 9.17) is 9.47 Å². The highest BCUT2D eigenvalue weighted by atomic mass is 16.5. The molecule has 2 amide bonds. The normalized spacial score (nSPS) is 22.8. The minimum Gasteiger partial charge on any atom is -0.382 e. The van der Waals surface area contributed by atoms with Gasteiger partial charge in [0.25, 0.3) is 5.91 Å². The number of methoxy groups -OCH3 is 1. The number of hydrogen-bond acceptors (Lipinski definition) is 4. The van der Waals surface area contributed by atoms with Gasteiger partial charge in [0, 0.05) is 38.3 Å². The maximum atomic E-state index is 12.8. The number of carbonyl (C=O) groups is 2. The second kappa shape index (κ2) is 8.45. The van der Waals surface area contributed by atoms with Gasteiger partial charge >= 0.3 is 0 Å². The predicted octanol–water partition coefficient (Wildman–Crippen LogP) is 1.41. The quantitative estimate of drug-likeness (QED) is 0.731. The van der Waals surface area contributed by atoms with Gasteiger partial charge in [-0.2, -0.15) is 0 Å². The van der Waals surface area contributed by atoms with Gasteiger partial charge in [0.1, 0.15) is 6.61 Å². The molecule has 6 nitrogen and oxygen atoms in total. The molecule has 3 aliphatic heterocycles. The monoisotopic (exact) mass is 346 g/mol. The molecule has 6 heteroatoms. The molecule has 2 atom stereocenters. The molecule has 3 heterocycles. The third-order valence-electron chi connectivity index (χ3n) is 5.00. The molecule has 3 saturated heterocycles. The Morgan fingerprint density at radius 1 is 1.08 bits per heavy atom. The Morgan fingerprint density at radius 2 is 1.88 bits per heavy atom. The molecule has 0 saturated carbocycles.